The molecule has 1 aliphatic rings. The van der Waals surface area contributed by atoms with Gasteiger partial charge in [0, 0.05) is 21.8 Å². The van der Waals surface area contributed by atoms with Crippen molar-refractivity contribution in [1.82, 2.24) is 4.98 Å². The van der Waals surface area contributed by atoms with Crippen LogP contribution in [0.4, 0.5) is 0 Å². The average Bonchev–Trinajstić information content (AvgIpc) is 2.91. The molecule has 3 aromatic rings. The summed E-state index contributed by atoms with van der Waals surface area (Å²) < 4.78 is 0. The average molecular weight is 206 g/mol. The van der Waals surface area contributed by atoms with Crippen molar-refractivity contribution in [2.45, 2.75) is 0 Å². The molecule has 2 heteroatoms. The van der Waals surface area contributed by atoms with E-state index in [0.717, 1.165) is 11.9 Å². The fraction of sp³-hybridized carbons (Fsp3) is 0.0714. The van der Waals surface area contributed by atoms with E-state index in [4.69, 9.17) is 0 Å². The van der Waals surface area contributed by atoms with Crippen LogP contribution < -0.4 is 10.6 Å². The summed E-state index contributed by atoms with van der Waals surface area (Å²) in [5.74, 6) is 0. The number of aromatic nitrogens is 1. The first kappa shape index (κ1) is 8.11. The first-order valence-corrected chi connectivity index (χ1v) is 5.47. The summed E-state index contributed by atoms with van der Waals surface area (Å²) >= 11 is 0. The molecule has 0 atom stereocenters. The number of hydrogen-bond acceptors (Lipinski definition) is 1. The maximum absolute atomic E-state index is 4.57. The van der Waals surface area contributed by atoms with E-state index in [1.54, 1.807) is 0 Å². The van der Waals surface area contributed by atoms with E-state index in [1.807, 2.05) is 0 Å². The molecule has 0 spiro atoms. The van der Waals surface area contributed by atoms with E-state index in [-0.39, 0.29) is 0 Å². The number of benzene rings is 2. The Kier molecular flexibility index (Phi) is 1.38. The molecule has 0 fully saturated rings. The molecular formula is C14H10N2. The summed E-state index contributed by atoms with van der Waals surface area (Å²) in [6.07, 6.45) is 2.18. The van der Waals surface area contributed by atoms with E-state index in [0.29, 0.717) is 0 Å². The molecule has 0 unspecified atom stereocenters. The zero-order valence-corrected chi connectivity index (χ0v) is 8.70. The highest BCUT2D eigenvalue weighted by molar-refractivity contribution is 6.06. The number of para-hydroxylation sites is 1. The van der Waals surface area contributed by atoms with Gasteiger partial charge in [-0.25, -0.2) is 0 Å². The Bertz CT molecular complexity index is 825. The van der Waals surface area contributed by atoms with Crippen LogP contribution in [0.15, 0.2) is 41.4 Å². The minimum absolute atomic E-state index is 0.813. The Morgan fingerprint density at radius 2 is 1.94 bits per heavy atom. The first-order chi connectivity index (χ1) is 7.93. The number of nitrogens with zero attached hydrogens (tertiary/aromatic N) is 1. The second-order valence-corrected chi connectivity index (χ2v) is 4.14. The summed E-state index contributed by atoms with van der Waals surface area (Å²) in [5.41, 5.74) is 2.37. The van der Waals surface area contributed by atoms with Gasteiger partial charge in [0.15, 0.2) is 0 Å². The van der Waals surface area contributed by atoms with Crippen LogP contribution in [-0.4, -0.2) is 11.5 Å². The van der Waals surface area contributed by atoms with Crippen molar-refractivity contribution >= 4 is 27.9 Å². The molecule has 0 saturated carbocycles. The Morgan fingerprint density at radius 1 is 1.00 bits per heavy atom. The third kappa shape index (κ3) is 0.890. The van der Waals surface area contributed by atoms with E-state index >= 15 is 0 Å². The number of rotatable bonds is 0. The molecule has 0 amide bonds. The summed E-state index contributed by atoms with van der Waals surface area (Å²) in [6, 6.07) is 12.7. The van der Waals surface area contributed by atoms with E-state index in [1.165, 1.54) is 27.0 Å². The van der Waals surface area contributed by atoms with Crippen LogP contribution in [0.3, 0.4) is 0 Å². The molecule has 76 valence electrons. The van der Waals surface area contributed by atoms with Crippen LogP contribution in [0.5, 0.6) is 0 Å². The number of fused-ring (bicyclic) bond motifs is 5. The van der Waals surface area contributed by atoms with Gasteiger partial charge in [-0.3, -0.25) is 4.99 Å². The van der Waals surface area contributed by atoms with Crippen LogP contribution in [0, 0.1) is 0 Å². The van der Waals surface area contributed by atoms with Gasteiger partial charge in [0.2, 0.25) is 0 Å². The molecule has 0 saturated heterocycles. The van der Waals surface area contributed by atoms with Gasteiger partial charge in [0.25, 0.3) is 0 Å². The number of H-pyrrole nitrogens is 1. The van der Waals surface area contributed by atoms with Crippen LogP contribution in [0.25, 0.3) is 27.9 Å². The third-order valence-electron chi connectivity index (χ3n) is 3.24. The molecule has 1 N–H and O–H groups in total. The lowest BCUT2D eigenvalue weighted by atomic mass is 10.1. The lowest BCUT2D eigenvalue weighted by molar-refractivity contribution is 1.24. The van der Waals surface area contributed by atoms with Gasteiger partial charge in [-0.15, -0.1) is 0 Å². The minimum atomic E-state index is 0.813. The van der Waals surface area contributed by atoms with Crippen molar-refractivity contribution in [3.63, 3.8) is 0 Å². The predicted molar refractivity (Wildman–Crippen MR) is 65.9 cm³/mol. The fourth-order valence-electron chi connectivity index (χ4n) is 2.51. The standard InChI is InChI=1S/C14H10N2/c1-2-4-11-10(3-1)13-12(16-11)6-5-9-7-8-15-14(9)13/h1-7,16H,8H2. The highest BCUT2D eigenvalue weighted by Gasteiger charge is 2.07. The SMILES string of the molecule is C1=c2ccc3[nH]c4ccccc4c3c2=NC1. The fourth-order valence-corrected chi connectivity index (χ4v) is 2.51. The highest BCUT2D eigenvalue weighted by Crippen LogP contribution is 2.21. The molecule has 2 aromatic carbocycles. The van der Waals surface area contributed by atoms with E-state index < -0.39 is 0 Å². The normalized spacial score (nSPS) is 13.8. The largest absolute Gasteiger partial charge is 0.354 e. The lowest BCUT2D eigenvalue weighted by Crippen LogP contribution is -2.21. The van der Waals surface area contributed by atoms with E-state index in [9.17, 15) is 0 Å². The monoisotopic (exact) mass is 206 g/mol. The molecule has 2 nitrogen and oxygen atoms in total. The molecule has 0 bridgehead atoms. The second-order valence-electron chi connectivity index (χ2n) is 4.14. The van der Waals surface area contributed by atoms with Crippen molar-refractivity contribution < 1.29 is 0 Å². The molecule has 1 aliphatic heterocycles. The molecule has 16 heavy (non-hydrogen) atoms. The van der Waals surface area contributed by atoms with Gasteiger partial charge in [0.05, 0.1) is 11.9 Å². The van der Waals surface area contributed by atoms with Crippen LogP contribution >= 0.6 is 0 Å². The third-order valence-corrected chi connectivity index (χ3v) is 3.24. The van der Waals surface area contributed by atoms with Crippen LogP contribution in [0.1, 0.15) is 0 Å². The summed E-state index contributed by atoms with van der Waals surface area (Å²) in [4.78, 5) is 8.01. The molecule has 4 rings (SSSR count). The Morgan fingerprint density at radius 3 is 2.94 bits per heavy atom. The van der Waals surface area contributed by atoms with Crippen LogP contribution in [0.2, 0.25) is 0 Å². The maximum Gasteiger partial charge on any atom is 0.0748 e. The summed E-state index contributed by atoms with van der Waals surface area (Å²) in [7, 11) is 0. The molecule has 0 aliphatic carbocycles. The van der Waals surface area contributed by atoms with Crippen molar-refractivity contribution in [3.05, 3.63) is 47.0 Å². The van der Waals surface area contributed by atoms with Crippen molar-refractivity contribution in [3.8, 4) is 0 Å². The van der Waals surface area contributed by atoms with Crippen LogP contribution in [-0.2, 0) is 0 Å². The Labute approximate surface area is 91.9 Å². The summed E-state index contributed by atoms with van der Waals surface area (Å²) in [6.45, 7) is 0.813. The quantitative estimate of drug-likeness (QED) is 0.580. The number of aromatic amines is 1. The first-order valence-electron chi connectivity index (χ1n) is 5.47. The van der Waals surface area contributed by atoms with Gasteiger partial charge >= 0.3 is 0 Å². The van der Waals surface area contributed by atoms with Crippen molar-refractivity contribution in [1.29, 1.82) is 0 Å². The van der Waals surface area contributed by atoms with Crippen molar-refractivity contribution in [2.24, 2.45) is 4.99 Å². The van der Waals surface area contributed by atoms with Gasteiger partial charge in [-0.2, -0.15) is 0 Å². The zero-order valence-electron chi connectivity index (χ0n) is 8.70. The smallest absolute Gasteiger partial charge is 0.0748 e. The highest BCUT2D eigenvalue weighted by atomic mass is 14.7. The number of hydrogen-bond donors (Lipinski definition) is 1. The number of nitrogens with one attached hydrogen (secondary N) is 1. The van der Waals surface area contributed by atoms with Gasteiger partial charge in [0.1, 0.15) is 0 Å². The second kappa shape index (κ2) is 2.73. The van der Waals surface area contributed by atoms with E-state index in [2.05, 4.69) is 52.5 Å². The summed E-state index contributed by atoms with van der Waals surface area (Å²) in [5, 5.41) is 4.95. The van der Waals surface area contributed by atoms with Crippen molar-refractivity contribution in [2.75, 3.05) is 6.54 Å². The molecule has 0 radical (unpaired) electrons. The Hall–Kier alpha value is -2.09. The zero-order chi connectivity index (χ0) is 10.5. The topological polar surface area (TPSA) is 28.1 Å². The predicted octanol–water partition coefficient (Wildman–Crippen LogP) is 1.73. The maximum atomic E-state index is 4.57. The minimum Gasteiger partial charge on any atom is -0.354 e. The van der Waals surface area contributed by atoms with Gasteiger partial charge in [-0.05, 0) is 17.4 Å². The lowest BCUT2D eigenvalue weighted by Gasteiger charge is -1.90. The Balaban J connectivity index is 2.43. The molecular weight excluding hydrogens is 196 g/mol. The molecule has 2 heterocycles. The van der Waals surface area contributed by atoms with Gasteiger partial charge < -0.3 is 4.98 Å². The van der Waals surface area contributed by atoms with Gasteiger partial charge in [-0.1, -0.05) is 30.3 Å². The molecule has 1 aromatic heterocycles.